The van der Waals surface area contributed by atoms with Gasteiger partial charge in [-0.3, -0.25) is 0 Å². The number of hydrogen-bond donors (Lipinski definition) is 1. The highest BCUT2D eigenvalue weighted by Gasteiger charge is 2.22. The lowest BCUT2D eigenvalue weighted by Gasteiger charge is -2.18. The van der Waals surface area contributed by atoms with Crippen LogP contribution in [0, 0.1) is 0 Å². The van der Waals surface area contributed by atoms with Gasteiger partial charge in [0.2, 0.25) is 0 Å². The van der Waals surface area contributed by atoms with E-state index in [1.54, 1.807) is 0 Å². The van der Waals surface area contributed by atoms with Crippen molar-refractivity contribution in [1.82, 2.24) is 4.98 Å². The molecule has 96 valence electrons. The molecule has 0 aromatic carbocycles. The van der Waals surface area contributed by atoms with Crippen LogP contribution in [0.3, 0.4) is 0 Å². The maximum absolute atomic E-state index is 12.4. The Bertz CT molecular complexity index is 390. The van der Waals surface area contributed by atoms with Crippen molar-refractivity contribution in [2.45, 2.75) is 18.9 Å². The van der Waals surface area contributed by atoms with Crippen LogP contribution in [0.15, 0.2) is 12.3 Å². The van der Waals surface area contributed by atoms with E-state index in [1.165, 1.54) is 6.07 Å². The molecular weight excluding hydrogens is 271 g/mol. The van der Waals surface area contributed by atoms with Gasteiger partial charge >= 0.3 is 0 Å². The molecule has 2 heterocycles. The van der Waals surface area contributed by atoms with Crippen LogP contribution in [0.2, 0.25) is 5.02 Å². The van der Waals surface area contributed by atoms with Crippen molar-refractivity contribution in [3.8, 4) is 0 Å². The number of hydrogen-bond acceptors (Lipinski definition) is 3. The van der Waals surface area contributed by atoms with Crippen molar-refractivity contribution in [3.63, 3.8) is 0 Å². The highest BCUT2D eigenvalue weighted by atomic mass is 35.5. The molecular formula is C10H13Cl2F2N3. The Hall–Kier alpha value is -0.650. The van der Waals surface area contributed by atoms with E-state index < -0.39 is 6.43 Å². The van der Waals surface area contributed by atoms with Crippen LogP contribution >= 0.6 is 24.0 Å². The standard InChI is InChI=1S/C10H12ClF2N3.ClH/c11-8-3-6(9(12)13)4-15-10(8)16-2-1-7(14)5-16;/h3-4,7,9H,1-2,5,14H2;1H/t7-;/m1./s1. The molecule has 1 aromatic rings. The van der Waals surface area contributed by atoms with Crippen molar-refractivity contribution in [1.29, 1.82) is 0 Å². The Morgan fingerprint density at radius 1 is 1.53 bits per heavy atom. The highest BCUT2D eigenvalue weighted by Crippen LogP contribution is 2.29. The SMILES string of the molecule is Cl.N[C@@H]1CCN(c2ncc(C(F)F)cc2Cl)C1. The first-order valence-electron chi connectivity index (χ1n) is 5.02. The van der Waals surface area contributed by atoms with Crippen LogP contribution < -0.4 is 10.6 Å². The Labute approximate surface area is 109 Å². The lowest BCUT2D eigenvalue weighted by molar-refractivity contribution is 0.151. The quantitative estimate of drug-likeness (QED) is 0.907. The van der Waals surface area contributed by atoms with Gasteiger partial charge in [-0.2, -0.15) is 0 Å². The van der Waals surface area contributed by atoms with E-state index in [0.717, 1.165) is 19.2 Å². The first-order chi connectivity index (χ1) is 7.58. The number of anilines is 1. The van der Waals surface area contributed by atoms with Gasteiger partial charge in [0.25, 0.3) is 6.43 Å². The van der Waals surface area contributed by atoms with Crippen LogP contribution in [-0.2, 0) is 0 Å². The molecule has 2 rings (SSSR count). The van der Waals surface area contributed by atoms with Gasteiger partial charge in [0.1, 0.15) is 5.82 Å². The van der Waals surface area contributed by atoms with Crippen LogP contribution in [0.5, 0.6) is 0 Å². The molecule has 0 spiro atoms. The van der Waals surface area contributed by atoms with Crippen LogP contribution in [-0.4, -0.2) is 24.1 Å². The summed E-state index contributed by atoms with van der Waals surface area (Å²) in [5, 5.41) is 0.256. The molecule has 0 amide bonds. The Kier molecular flexibility index (Phi) is 4.91. The number of nitrogens with zero attached hydrogens (tertiary/aromatic N) is 2. The Morgan fingerprint density at radius 2 is 2.24 bits per heavy atom. The summed E-state index contributed by atoms with van der Waals surface area (Å²) in [6.07, 6.45) is -0.510. The Balaban J connectivity index is 0.00000144. The van der Waals surface area contributed by atoms with Crippen LogP contribution in [0.25, 0.3) is 0 Å². The lowest BCUT2D eigenvalue weighted by atomic mass is 10.3. The van der Waals surface area contributed by atoms with Crippen molar-refractivity contribution in [3.05, 3.63) is 22.8 Å². The largest absolute Gasteiger partial charge is 0.354 e. The summed E-state index contributed by atoms with van der Waals surface area (Å²) in [6, 6.07) is 1.37. The van der Waals surface area contributed by atoms with Crippen molar-refractivity contribution in [2.75, 3.05) is 18.0 Å². The van der Waals surface area contributed by atoms with Gasteiger partial charge < -0.3 is 10.6 Å². The molecule has 0 radical (unpaired) electrons. The Morgan fingerprint density at radius 3 is 2.71 bits per heavy atom. The van der Waals surface area contributed by atoms with Gasteiger partial charge in [0.15, 0.2) is 0 Å². The smallest absolute Gasteiger partial charge is 0.265 e. The molecule has 2 N–H and O–H groups in total. The molecule has 0 unspecified atom stereocenters. The van der Waals surface area contributed by atoms with E-state index >= 15 is 0 Å². The third kappa shape index (κ3) is 3.18. The zero-order valence-electron chi connectivity index (χ0n) is 8.94. The van der Waals surface area contributed by atoms with Crippen molar-refractivity contribution < 1.29 is 8.78 Å². The zero-order valence-corrected chi connectivity index (χ0v) is 10.5. The van der Waals surface area contributed by atoms with E-state index in [2.05, 4.69) is 4.98 Å². The molecule has 0 aliphatic carbocycles. The summed E-state index contributed by atoms with van der Waals surface area (Å²) in [5.74, 6) is 0.541. The molecule has 1 fully saturated rings. The normalized spacial score (nSPS) is 19.6. The number of pyridine rings is 1. The number of rotatable bonds is 2. The minimum Gasteiger partial charge on any atom is -0.354 e. The topological polar surface area (TPSA) is 42.1 Å². The average molecular weight is 284 g/mol. The molecule has 0 saturated carbocycles. The molecule has 1 aliphatic rings. The fraction of sp³-hybridized carbons (Fsp3) is 0.500. The fourth-order valence-corrected chi connectivity index (χ4v) is 2.07. The summed E-state index contributed by atoms with van der Waals surface area (Å²) in [7, 11) is 0. The molecule has 17 heavy (non-hydrogen) atoms. The minimum absolute atomic E-state index is 0. The average Bonchev–Trinajstić information content (AvgIpc) is 2.64. The molecule has 1 saturated heterocycles. The van der Waals surface area contributed by atoms with Crippen LogP contribution in [0.4, 0.5) is 14.6 Å². The second-order valence-corrected chi connectivity index (χ2v) is 4.28. The summed E-state index contributed by atoms with van der Waals surface area (Å²) >= 11 is 5.92. The van der Waals surface area contributed by atoms with Gasteiger partial charge in [-0.1, -0.05) is 11.6 Å². The molecule has 1 aromatic heterocycles. The second-order valence-electron chi connectivity index (χ2n) is 3.87. The lowest BCUT2D eigenvalue weighted by Crippen LogP contribution is -2.27. The maximum atomic E-state index is 12.4. The predicted molar refractivity (Wildman–Crippen MR) is 66.3 cm³/mol. The van der Waals surface area contributed by atoms with E-state index in [4.69, 9.17) is 17.3 Å². The van der Waals surface area contributed by atoms with E-state index in [-0.39, 0.29) is 29.0 Å². The zero-order chi connectivity index (χ0) is 11.7. The minimum atomic E-state index is -2.54. The van der Waals surface area contributed by atoms with Gasteiger partial charge in [-0.25, -0.2) is 13.8 Å². The van der Waals surface area contributed by atoms with Gasteiger partial charge in [-0.05, 0) is 12.5 Å². The first kappa shape index (κ1) is 14.4. The third-order valence-electron chi connectivity index (χ3n) is 2.62. The second kappa shape index (κ2) is 5.80. The van der Waals surface area contributed by atoms with Crippen LogP contribution in [0.1, 0.15) is 18.4 Å². The predicted octanol–water partition coefficient (Wildman–Crippen LogP) is 2.63. The fourth-order valence-electron chi connectivity index (χ4n) is 1.78. The molecule has 7 heteroatoms. The highest BCUT2D eigenvalue weighted by molar-refractivity contribution is 6.33. The van der Waals surface area contributed by atoms with Crippen molar-refractivity contribution in [2.24, 2.45) is 5.73 Å². The van der Waals surface area contributed by atoms with Crippen molar-refractivity contribution >= 4 is 29.8 Å². The maximum Gasteiger partial charge on any atom is 0.265 e. The molecule has 0 bridgehead atoms. The monoisotopic (exact) mass is 283 g/mol. The number of alkyl halides is 2. The first-order valence-corrected chi connectivity index (χ1v) is 5.40. The number of aromatic nitrogens is 1. The third-order valence-corrected chi connectivity index (χ3v) is 2.90. The van der Waals surface area contributed by atoms with Gasteiger partial charge in [0.05, 0.1) is 5.02 Å². The molecule has 1 aliphatic heterocycles. The molecule has 1 atom stereocenters. The van der Waals surface area contributed by atoms with Gasteiger partial charge in [0, 0.05) is 30.9 Å². The van der Waals surface area contributed by atoms with E-state index in [1.807, 2.05) is 4.90 Å². The summed E-state index contributed by atoms with van der Waals surface area (Å²) in [6.45, 7) is 1.43. The summed E-state index contributed by atoms with van der Waals surface area (Å²) < 4.78 is 24.8. The summed E-state index contributed by atoms with van der Waals surface area (Å²) in [4.78, 5) is 5.89. The van der Waals surface area contributed by atoms with E-state index in [9.17, 15) is 8.78 Å². The molecule has 3 nitrogen and oxygen atoms in total. The van der Waals surface area contributed by atoms with Gasteiger partial charge in [-0.15, -0.1) is 12.4 Å². The number of nitrogens with two attached hydrogens (primary N) is 1. The summed E-state index contributed by atoms with van der Waals surface area (Å²) in [5.41, 5.74) is 5.60. The number of halogens is 4. The van der Waals surface area contributed by atoms with E-state index in [0.29, 0.717) is 12.4 Å².